The van der Waals surface area contributed by atoms with Gasteiger partial charge in [0, 0.05) is 0 Å². The minimum atomic E-state index is -0.669. The maximum absolute atomic E-state index is 13.7. The van der Waals surface area contributed by atoms with Crippen molar-refractivity contribution < 1.29 is 8.78 Å². The number of nitrogens with zero attached hydrogens (tertiary/aromatic N) is 3. The Bertz CT molecular complexity index is 617. The first-order chi connectivity index (χ1) is 8.49. The van der Waals surface area contributed by atoms with Gasteiger partial charge in [-0.05, 0) is 25.5 Å². The van der Waals surface area contributed by atoms with Gasteiger partial charge in [-0.15, -0.1) is 0 Å². The first-order valence-corrected chi connectivity index (χ1v) is 5.29. The van der Waals surface area contributed by atoms with Gasteiger partial charge >= 0.3 is 0 Å². The highest BCUT2D eigenvalue weighted by atomic mass is 19.1. The molecule has 2 rings (SSSR count). The van der Waals surface area contributed by atoms with E-state index < -0.39 is 11.6 Å². The van der Waals surface area contributed by atoms with Crippen LogP contribution >= 0.6 is 0 Å². The maximum Gasteiger partial charge on any atom is 0.221 e. The predicted molar refractivity (Wildman–Crippen MR) is 65.5 cm³/mol. The van der Waals surface area contributed by atoms with Crippen LogP contribution in [0.4, 0.5) is 14.7 Å². The topological polar surface area (TPSA) is 56.2 Å². The minimum Gasteiger partial charge on any atom is -0.368 e. The molecule has 0 aliphatic carbocycles. The molecule has 2 aromatic rings. The van der Waals surface area contributed by atoms with E-state index in [4.69, 9.17) is 5.73 Å². The number of nitrogen functional groups attached to an aromatic ring is 1. The maximum atomic E-state index is 13.7. The van der Waals surface area contributed by atoms with Crippen LogP contribution in [0.5, 0.6) is 0 Å². The summed E-state index contributed by atoms with van der Waals surface area (Å²) in [6.45, 7) is 3.30. The Morgan fingerprint density at radius 1 is 1.33 bits per heavy atom. The van der Waals surface area contributed by atoms with E-state index in [9.17, 15) is 8.78 Å². The summed E-state index contributed by atoms with van der Waals surface area (Å²) in [6, 6.07) is 2.57. The zero-order chi connectivity index (χ0) is 13.3. The standard InChI is InChI=1S/C12H12F2N4/c1-7-3-4-10(13)9(11(7)14)5-16-18-6-8(2)17-12(18)15/h3-6H,1-2H3,(H2,15,17). The highest BCUT2D eigenvalue weighted by Gasteiger charge is 2.09. The molecule has 0 saturated heterocycles. The van der Waals surface area contributed by atoms with E-state index in [0.29, 0.717) is 11.3 Å². The summed E-state index contributed by atoms with van der Waals surface area (Å²) in [5, 5.41) is 3.88. The fourth-order valence-corrected chi connectivity index (χ4v) is 1.51. The van der Waals surface area contributed by atoms with Crippen molar-refractivity contribution in [1.82, 2.24) is 9.66 Å². The third kappa shape index (κ3) is 2.22. The van der Waals surface area contributed by atoms with Gasteiger partial charge in [-0.3, -0.25) is 0 Å². The summed E-state index contributed by atoms with van der Waals surface area (Å²) < 4.78 is 28.4. The third-order valence-corrected chi connectivity index (χ3v) is 2.47. The molecule has 18 heavy (non-hydrogen) atoms. The van der Waals surface area contributed by atoms with E-state index in [-0.39, 0.29) is 11.5 Å². The molecule has 1 heterocycles. The molecular weight excluding hydrogens is 238 g/mol. The van der Waals surface area contributed by atoms with Crippen LogP contribution in [0.3, 0.4) is 0 Å². The Morgan fingerprint density at radius 2 is 2.06 bits per heavy atom. The van der Waals surface area contributed by atoms with Gasteiger partial charge in [0.15, 0.2) is 0 Å². The second-order valence-electron chi connectivity index (χ2n) is 3.92. The van der Waals surface area contributed by atoms with Gasteiger partial charge < -0.3 is 5.73 Å². The largest absolute Gasteiger partial charge is 0.368 e. The highest BCUT2D eigenvalue weighted by molar-refractivity contribution is 5.80. The normalized spacial score (nSPS) is 11.3. The molecule has 0 aliphatic heterocycles. The lowest BCUT2D eigenvalue weighted by Crippen LogP contribution is -2.00. The number of aryl methyl sites for hydroxylation is 2. The Labute approximate surface area is 103 Å². The molecule has 0 fully saturated rings. The first-order valence-electron chi connectivity index (χ1n) is 5.29. The van der Waals surface area contributed by atoms with Gasteiger partial charge in [-0.2, -0.15) is 5.10 Å². The summed E-state index contributed by atoms with van der Waals surface area (Å²) in [4.78, 5) is 3.93. The molecule has 0 spiro atoms. The average molecular weight is 250 g/mol. The van der Waals surface area contributed by atoms with Crippen molar-refractivity contribution in [3.8, 4) is 0 Å². The monoisotopic (exact) mass is 250 g/mol. The summed E-state index contributed by atoms with van der Waals surface area (Å²) in [7, 11) is 0. The van der Waals surface area contributed by atoms with Gasteiger partial charge in [0.25, 0.3) is 0 Å². The van der Waals surface area contributed by atoms with E-state index >= 15 is 0 Å². The lowest BCUT2D eigenvalue weighted by molar-refractivity contribution is 0.574. The molecule has 0 amide bonds. The number of aromatic nitrogens is 2. The van der Waals surface area contributed by atoms with Crippen molar-refractivity contribution in [2.75, 3.05) is 5.73 Å². The first kappa shape index (κ1) is 12.2. The second-order valence-corrected chi connectivity index (χ2v) is 3.92. The summed E-state index contributed by atoms with van der Waals surface area (Å²) in [5.74, 6) is -1.14. The molecule has 0 atom stereocenters. The number of rotatable bonds is 2. The van der Waals surface area contributed by atoms with Crippen molar-refractivity contribution in [2.24, 2.45) is 5.10 Å². The quantitative estimate of drug-likeness (QED) is 0.831. The number of imidazole rings is 1. The molecule has 4 nitrogen and oxygen atoms in total. The van der Waals surface area contributed by atoms with Crippen molar-refractivity contribution >= 4 is 12.2 Å². The van der Waals surface area contributed by atoms with Crippen LogP contribution in [0.25, 0.3) is 0 Å². The minimum absolute atomic E-state index is 0.164. The van der Waals surface area contributed by atoms with Crippen molar-refractivity contribution in [3.05, 3.63) is 46.8 Å². The number of benzene rings is 1. The van der Waals surface area contributed by atoms with Crippen LogP contribution in [0, 0.1) is 25.5 Å². The van der Waals surface area contributed by atoms with E-state index in [1.807, 2.05) is 0 Å². The zero-order valence-corrected chi connectivity index (χ0v) is 9.98. The zero-order valence-electron chi connectivity index (χ0n) is 9.98. The number of anilines is 1. The van der Waals surface area contributed by atoms with Gasteiger partial charge in [-0.25, -0.2) is 18.4 Å². The smallest absolute Gasteiger partial charge is 0.221 e. The fraction of sp³-hybridized carbons (Fsp3) is 0.167. The number of hydrogen-bond acceptors (Lipinski definition) is 3. The molecule has 1 aromatic heterocycles. The molecule has 94 valence electrons. The van der Waals surface area contributed by atoms with E-state index in [0.717, 1.165) is 6.21 Å². The molecule has 0 unspecified atom stereocenters. The number of nitrogens with two attached hydrogens (primary N) is 1. The SMILES string of the molecule is Cc1cn(N=Cc2c(F)ccc(C)c2F)c(N)n1. The molecule has 1 aromatic carbocycles. The van der Waals surface area contributed by atoms with Crippen LogP contribution in [0.2, 0.25) is 0 Å². The van der Waals surface area contributed by atoms with Crippen LogP contribution in [-0.2, 0) is 0 Å². The fourth-order valence-electron chi connectivity index (χ4n) is 1.51. The predicted octanol–water partition coefficient (Wildman–Crippen LogP) is 2.24. The van der Waals surface area contributed by atoms with E-state index in [1.165, 1.54) is 16.8 Å². The van der Waals surface area contributed by atoms with Crippen LogP contribution in [0.15, 0.2) is 23.4 Å². The van der Waals surface area contributed by atoms with E-state index in [1.54, 1.807) is 20.0 Å². The lowest BCUT2D eigenvalue weighted by Gasteiger charge is -2.02. The Hall–Kier alpha value is -2.24. The number of hydrogen-bond donors (Lipinski definition) is 1. The van der Waals surface area contributed by atoms with Crippen LogP contribution in [0.1, 0.15) is 16.8 Å². The van der Waals surface area contributed by atoms with Crippen LogP contribution < -0.4 is 5.73 Å². The third-order valence-electron chi connectivity index (χ3n) is 2.47. The van der Waals surface area contributed by atoms with Crippen molar-refractivity contribution in [2.45, 2.75) is 13.8 Å². The molecule has 2 N–H and O–H groups in total. The van der Waals surface area contributed by atoms with Crippen molar-refractivity contribution in [3.63, 3.8) is 0 Å². The molecule has 0 radical (unpaired) electrons. The van der Waals surface area contributed by atoms with Crippen LogP contribution in [-0.4, -0.2) is 15.9 Å². The van der Waals surface area contributed by atoms with E-state index in [2.05, 4.69) is 10.1 Å². The second kappa shape index (κ2) is 4.56. The molecule has 0 bridgehead atoms. The summed E-state index contributed by atoms with van der Waals surface area (Å²) in [6.07, 6.45) is 2.66. The molecule has 0 aliphatic rings. The van der Waals surface area contributed by atoms with Gasteiger partial charge in [0.1, 0.15) is 11.6 Å². The van der Waals surface area contributed by atoms with Gasteiger partial charge in [-0.1, -0.05) is 6.07 Å². The average Bonchev–Trinajstić information content (AvgIpc) is 2.63. The lowest BCUT2D eigenvalue weighted by atomic mass is 10.1. The Balaban J connectivity index is 2.40. The summed E-state index contributed by atoms with van der Waals surface area (Å²) in [5.41, 5.74) is 6.40. The van der Waals surface area contributed by atoms with Gasteiger partial charge in [0.2, 0.25) is 5.95 Å². The molecular formula is C12H12F2N4. The molecule has 6 heteroatoms. The Kier molecular flexibility index (Phi) is 3.10. The molecule has 0 saturated carbocycles. The van der Waals surface area contributed by atoms with Crippen molar-refractivity contribution in [1.29, 1.82) is 0 Å². The number of halogens is 2. The van der Waals surface area contributed by atoms with Gasteiger partial charge in [0.05, 0.1) is 23.7 Å². The highest BCUT2D eigenvalue weighted by Crippen LogP contribution is 2.14. The summed E-state index contributed by atoms with van der Waals surface area (Å²) >= 11 is 0. The Morgan fingerprint density at radius 3 is 2.67 bits per heavy atom.